The SMILES string of the molecule is Cc1ccc(S(=O)(=O)CCC(Nc2ccc3ccccc3c2)C(=O)NNC(=O)OC(C)(C)C)cc1. The van der Waals surface area contributed by atoms with E-state index in [0.29, 0.717) is 5.69 Å². The van der Waals surface area contributed by atoms with Crippen LogP contribution in [0.5, 0.6) is 0 Å². The van der Waals surface area contributed by atoms with E-state index in [-0.39, 0.29) is 17.1 Å². The summed E-state index contributed by atoms with van der Waals surface area (Å²) in [6.07, 6.45) is -0.840. The van der Waals surface area contributed by atoms with Crippen LogP contribution in [0.4, 0.5) is 10.5 Å². The minimum Gasteiger partial charge on any atom is -0.443 e. The summed E-state index contributed by atoms with van der Waals surface area (Å²) in [6, 6.07) is 19.0. The summed E-state index contributed by atoms with van der Waals surface area (Å²) in [7, 11) is -3.62. The number of hydrogen-bond donors (Lipinski definition) is 3. The molecule has 1 atom stereocenters. The Kier molecular flexibility index (Phi) is 8.01. The zero-order valence-corrected chi connectivity index (χ0v) is 21.1. The van der Waals surface area contributed by atoms with Gasteiger partial charge in [0.25, 0.3) is 5.91 Å². The largest absolute Gasteiger partial charge is 0.443 e. The van der Waals surface area contributed by atoms with Crippen molar-refractivity contribution >= 4 is 38.3 Å². The van der Waals surface area contributed by atoms with Gasteiger partial charge in [0.05, 0.1) is 10.6 Å². The summed E-state index contributed by atoms with van der Waals surface area (Å²) >= 11 is 0. The molecule has 0 saturated heterocycles. The maximum absolute atomic E-state index is 12.9. The number of anilines is 1. The van der Waals surface area contributed by atoms with Crippen molar-refractivity contribution in [2.24, 2.45) is 0 Å². The number of rotatable bonds is 7. The highest BCUT2D eigenvalue weighted by Gasteiger charge is 2.24. The van der Waals surface area contributed by atoms with Gasteiger partial charge >= 0.3 is 6.09 Å². The summed E-state index contributed by atoms with van der Waals surface area (Å²) < 4.78 is 30.9. The van der Waals surface area contributed by atoms with Crippen LogP contribution in [0.15, 0.2) is 71.6 Å². The molecule has 1 unspecified atom stereocenters. The standard InChI is InChI=1S/C26H31N3O5S/c1-18-9-13-22(14-10-18)35(32,33)16-15-23(24(30)28-29-25(31)34-26(2,3)4)27-21-12-11-19-7-5-6-8-20(19)17-21/h5-14,17,23,27H,15-16H2,1-4H3,(H,28,30)(H,29,31). The molecule has 0 saturated carbocycles. The van der Waals surface area contributed by atoms with Crippen LogP contribution in [0.1, 0.15) is 32.8 Å². The van der Waals surface area contributed by atoms with Crippen molar-refractivity contribution < 1.29 is 22.7 Å². The van der Waals surface area contributed by atoms with Crippen LogP contribution in [0.25, 0.3) is 10.8 Å². The van der Waals surface area contributed by atoms with Crippen LogP contribution in [-0.2, 0) is 19.4 Å². The molecule has 9 heteroatoms. The minimum absolute atomic E-state index is 0.0229. The molecule has 0 aliphatic rings. The Balaban J connectivity index is 1.76. The lowest BCUT2D eigenvalue weighted by Crippen LogP contribution is -2.50. The molecule has 0 bridgehead atoms. The number of nitrogens with one attached hydrogen (secondary N) is 3. The number of aryl methyl sites for hydroxylation is 1. The third-order valence-electron chi connectivity index (χ3n) is 5.15. The van der Waals surface area contributed by atoms with Crippen molar-refractivity contribution in [3.05, 3.63) is 72.3 Å². The van der Waals surface area contributed by atoms with E-state index in [1.54, 1.807) is 45.0 Å². The van der Waals surface area contributed by atoms with Gasteiger partial charge in [-0.25, -0.2) is 18.6 Å². The molecule has 35 heavy (non-hydrogen) atoms. The molecule has 0 aliphatic heterocycles. The Morgan fingerprint density at radius 3 is 2.23 bits per heavy atom. The lowest BCUT2D eigenvalue weighted by atomic mass is 10.1. The number of fused-ring (bicyclic) bond motifs is 1. The van der Waals surface area contributed by atoms with Gasteiger partial charge in [-0.05, 0) is 69.2 Å². The third-order valence-corrected chi connectivity index (χ3v) is 6.91. The van der Waals surface area contributed by atoms with Gasteiger partial charge in [0.1, 0.15) is 11.6 Å². The van der Waals surface area contributed by atoms with Crippen molar-refractivity contribution in [1.82, 2.24) is 10.9 Å². The van der Waals surface area contributed by atoms with Crippen LogP contribution in [-0.4, -0.2) is 37.8 Å². The molecule has 0 aromatic heterocycles. The van der Waals surface area contributed by atoms with Crippen LogP contribution in [0.2, 0.25) is 0 Å². The van der Waals surface area contributed by atoms with Gasteiger partial charge in [0.15, 0.2) is 9.84 Å². The molecule has 3 aromatic carbocycles. The maximum atomic E-state index is 12.9. The fourth-order valence-corrected chi connectivity index (χ4v) is 4.72. The number of sulfone groups is 1. The van der Waals surface area contributed by atoms with Crippen molar-refractivity contribution in [2.45, 2.75) is 50.7 Å². The highest BCUT2D eigenvalue weighted by Crippen LogP contribution is 2.21. The van der Waals surface area contributed by atoms with E-state index in [4.69, 9.17) is 4.74 Å². The smallest absolute Gasteiger partial charge is 0.426 e. The Bertz CT molecular complexity index is 1300. The molecule has 8 nitrogen and oxygen atoms in total. The first-order valence-electron chi connectivity index (χ1n) is 11.3. The summed E-state index contributed by atoms with van der Waals surface area (Å²) in [5.41, 5.74) is 5.41. The predicted octanol–water partition coefficient (Wildman–Crippen LogP) is 4.35. The minimum atomic E-state index is -3.62. The van der Waals surface area contributed by atoms with Crippen LogP contribution in [0, 0.1) is 6.92 Å². The second-order valence-electron chi connectivity index (χ2n) is 9.30. The number of hydrazine groups is 1. The molecule has 2 amide bonds. The Morgan fingerprint density at radius 1 is 0.914 bits per heavy atom. The first-order valence-corrected chi connectivity index (χ1v) is 12.9. The lowest BCUT2D eigenvalue weighted by molar-refractivity contribution is -0.122. The molecule has 0 radical (unpaired) electrons. The van der Waals surface area contributed by atoms with Gasteiger partial charge in [-0.15, -0.1) is 0 Å². The van der Waals surface area contributed by atoms with E-state index in [2.05, 4.69) is 16.2 Å². The highest BCUT2D eigenvalue weighted by atomic mass is 32.2. The second-order valence-corrected chi connectivity index (χ2v) is 11.4. The number of carbonyl (C=O) groups is 2. The molecule has 186 valence electrons. The molecule has 0 heterocycles. The van der Waals surface area contributed by atoms with Gasteiger partial charge in [0.2, 0.25) is 0 Å². The van der Waals surface area contributed by atoms with Gasteiger partial charge in [-0.3, -0.25) is 10.2 Å². The van der Waals surface area contributed by atoms with E-state index in [1.807, 2.05) is 49.4 Å². The molecule has 0 aliphatic carbocycles. The summed E-state index contributed by atoms with van der Waals surface area (Å²) in [4.78, 5) is 25.1. The van der Waals surface area contributed by atoms with Gasteiger partial charge in [-0.1, -0.05) is 48.0 Å². The fourth-order valence-electron chi connectivity index (χ4n) is 3.39. The van der Waals surface area contributed by atoms with E-state index in [0.717, 1.165) is 16.3 Å². The van der Waals surface area contributed by atoms with Crippen molar-refractivity contribution in [3.8, 4) is 0 Å². The topological polar surface area (TPSA) is 114 Å². The summed E-state index contributed by atoms with van der Waals surface area (Å²) in [5.74, 6) is -0.857. The average molecular weight is 498 g/mol. The van der Waals surface area contributed by atoms with Crippen molar-refractivity contribution in [2.75, 3.05) is 11.1 Å². The first-order chi connectivity index (χ1) is 16.4. The Labute approximate surface area is 206 Å². The third kappa shape index (κ3) is 7.71. The van der Waals surface area contributed by atoms with Crippen LogP contribution < -0.4 is 16.2 Å². The Morgan fingerprint density at radius 2 is 1.57 bits per heavy atom. The number of ether oxygens (including phenoxy) is 1. The molecule has 0 fully saturated rings. The number of carbonyl (C=O) groups excluding carboxylic acids is 2. The first kappa shape index (κ1) is 26.0. The Hall–Kier alpha value is -3.59. The molecule has 3 aromatic rings. The van der Waals surface area contributed by atoms with Crippen molar-refractivity contribution in [1.29, 1.82) is 0 Å². The molecular weight excluding hydrogens is 466 g/mol. The predicted molar refractivity (Wildman–Crippen MR) is 137 cm³/mol. The van der Waals surface area contributed by atoms with E-state index < -0.39 is 33.5 Å². The number of hydrogen-bond acceptors (Lipinski definition) is 6. The molecule has 3 N–H and O–H groups in total. The van der Waals surface area contributed by atoms with Crippen molar-refractivity contribution in [3.63, 3.8) is 0 Å². The molecule has 0 spiro atoms. The van der Waals surface area contributed by atoms with Gasteiger partial charge in [0, 0.05) is 5.69 Å². The average Bonchev–Trinajstić information content (AvgIpc) is 2.79. The summed E-state index contributed by atoms with van der Waals surface area (Å²) in [6.45, 7) is 6.99. The monoisotopic (exact) mass is 497 g/mol. The van der Waals surface area contributed by atoms with E-state index in [9.17, 15) is 18.0 Å². The second kappa shape index (κ2) is 10.8. The molecular formula is C26H31N3O5S. The fraction of sp³-hybridized carbons (Fsp3) is 0.308. The zero-order chi connectivity index (χ0) is 25.6. The molecule has 3 rings (SSSR count). The highest BCUT2D eigenvalue weighted by molar-refractivity contribution is 7.91. The number of amides is 2. The van der Waals surface area contributed by atoms with Crippen LogP contribution in [0.3, 0.4) is 0 Å². The lowest BCUT2D eigenvalue weighted by Gasteiger charge is -2.22. The van der Waals surface area contributed by atoms with Gasteiger partial charge < -0.3 is 10.1 Å². The van der Waals surface area contributed by atoms with E-state index >= 15 is 0 Å². The zero-order valence-electron chi connectivity index (χ0n) is 20.3. The normalized spacial score (nSPS) is 12.6. The quantitative estimate of drug-likeness (QED) is 0.418. The summed E-state index contributed by atoms with van der Waals surface area (Å²) in [5, 5.41) is 5.11. The van der Waals surface area contributed by atoms with E-state index in [1.165, 1.54) is 0 Å². The maximum Gasteiger partial charge on any atom is 0.426 e. The number of benzene rings is 3. The van der Waals surface area contributed by atoms with Gasteiger partial charge in [-0.2, -0.15) is 0 Å². The van der Waals surface area contributed by atoms with Crippen LogP contribution >= 0.6 is 0 Å².